The maximum absolute atomic E-state index is 13.0. The van der Waals surface area contributed by atoms with Gasteiger partial charge in [0.05, 0.1) is 12.6 Å². The van der Waals surface area contributed by atoms with Gasteiger partial charge in [0.15, 0.2) is 0 Å². The number of fused-ring (bicyclic) bond motifs is 1. The number of likely N-dealkylation sites (tertiary alicyclic amines) is 1. The number of nitrogens with zero attached hydrogens (tertiary/aromatic N) is 4. The van der Waals surface area contributed by atoms with Crippen LogP contribution in [0.2, 0.25) is 0 Å². The van der Waals surface area contributed by atoms with Gasteiger partial charge in [0.25, 0.3) is 0 Å². The van der Waals surface area contributed by atoms with E-state index in [1.807, 2.05) is 22.7 Å². The van der Waals surface area contributed by atoms with Crippen molar-refractivity contribution in [2.75, 3.05) is 32.1 Å². The number of methoxy groups -OCH3 is 1. The number of benzene rings is 1. The van der Waals surface area contributed by atoms with Gasteiger partial charge in [-0.2, -0.15) is 8.78 Å². The maximum atomic E-state index is 13.0. The number of hydrogen-bond donors (Lipinski definition) is 1. The Morgan fingerprint density at radius 3 is 2.90 bits per heavy atom. The zero-order chi connectivity index (χ0) is 21.1. The summed E-state index contributed by atoms with van der Waals surface area (Å²) in [7, 11) is 1.47. The summed E-state index contributed by atoms with van der Waals surface area (Å²) in [5.74, 6) is 1.05. The monoisotopic (exact) mass is 417 g/mol. The first-order chi connectivity index (χ1) is 14.6. The molecule has 1 fully saturated rings. The summed E-state index contributed by atoms with van der Waals surface area (Å²) in [6, 6.07) is 8.80. The van der Waals surface area contributed by atoms with Crippen molar-refractivity contribution in [1.82, 2.24) is 19.5 Å². The van der Waals surface area contributed by atoms with Gasteiger partial charge >= 0.3 is 6.61 Å². The minimum atomic E-state index is -2.96. The van der Waals surface area contributed by atoms with E-state index in [1.54, 1.807) is 12.1 Å². The number of anilines is 1. The second-order valence-electron chi connectivity index (χ2n) is 7.25. The van der Waals surface area contributed by atoms with Crippen LogP contribution in [0.4, 0.5) is 14.7 Å². The summed E-state index contributed by atoms with van der Waals surface area (Å²) in [6.45, 7) is 2.29. The molecule has 0 radical (unpaired) electrons. The first kappa shape index (κ1) is 20.3. The third-order valence-corrected chi connectivity index (χ3v) is 5.41. The summed E-state index contributed by atoms with van der Waals surface area (Å²) in [4.78, 5) is 2.40. The number of halogens is 2. The molecule has 1 aliphatic rings. The Morgan fingerprint density at radius 1 is 1.27 bits per heavy atom. The van der Waals surface area contributed by atoms with Gasteiger partial charge in [-0.15, -0.1) is 10.2 Å². The Morgan fingerprint density at radius 2 is 2.13 bits per heavy atom. The van der Waals surface area contributed by atoms with Gasteiger partial charge in [0.2, 0.25) is 5.95 Å². The fourth-order valence-corrected chi connectivity index (χ4v) is 3.91. The van der Waals surface area contributed by atoms with Crippen molar-refractivity contribution < 1.29 is 18.3 Å². The van der Waals surface area contributed by atoms with Crippen LogP contribution in [0, 0.1) is 0 Å². The highest BCUT2D eigenvalue weighted by atomic mass is 19.3. The molecule has 160 valence electrons. The predicted octanol–water partition coefficient (Wildman–Crippen LogP) is 3.90. The Kier molecular flexibility index (Phi) is 5.98. The summed E-state index contributed by atoms with van der Waals surface area (Å²) >= 11 is 0. The molecule has 30 heavy (non-hydrogen) atoms. The van der Waals surface area contributed by atoms with Gasteiger partial charge in [-0.1, -0.05) is 6.92 Å². The van der Waals surface area contributed by atoms with Gasteiger partial charge in [-0.3, -0.25) is 4.40 Å². The molecule has 0 bridgehead atoms. The largest absolute Gasteiger partial charge is 0.497 e. The van der Waals surface area contributed by atoms with Gasteiger partial charge in [-0.05, 0) is 50.2 Å². The minimum absolute atomic E-state index is 0.00618. The van der Waals surface area contributed by atoms with E-state index in [0.29, 0.717) is 23.0 Å². The van der Waals surface area contributed by atoms with Crippen LogP contribution in [-0.4, -0.2) is 58.9 Å². The van der Waals surface area contributed by atoms with E-state index in [2.05, 4.69) is 27.3 Å². The number of hydrogen-bond acceptors (Lipinski definition) is 6. The molecule has 3 heterocycles. The summed E-state index contributed by atoms with van der Waals surface area (Å²) < 4.78 is 37.7. The van der Waals surface area contributed by atoms with Crippen molar-refractivity contribution in [3.63, 3.8) is 0 Å². The van der Waals surface area contributed by atoms with E-state index >= 15 is 0 Å². The number of ether oxygens (including phenoxy) is 2. The third-order valence-electron chi connectivity index (χ3n) is 5.41. The molecule has 1 unspecified atom stereocenters. The maximum Gasteiger partial charge on any atom is 0.387 e. The summed E-state index contributed by atoms with van der Waals surface area (Å²) in [5, 5.41) is 12.2. The topological polar surface area (TPSA) is 63.9 Å². The SMILES string of the molecule is CCN1CCCC(Nc2nnc(-c3ccc(OC)cc3OC(F)F)c3cccn23)C1. The molecule has 0 amide bonds. The molecule has 1 N–H and O–H groups in total. The molecule has 0 spiro atoms. The number of piperidine rings is 1. The lowest BCUT2D eigenvalue weighted by molar-refractivity contribution is -0.0495. The van der Waals surface area contributed by atoms with Crippen molar-refractivity contribution in [3.05, 3.63) is 36.5 Å². The smallest absolute Gasteiger partial charge is 0.387 e. The van der Waals surface area contributed by atoms with E-state index in [9.17, 15) is 8.78 Å². The lowest BCUT2D eigenvalue weighted by Gasteiger charge is -2.32. The fourth-order valence-electron chi connectivity index (χ4n) is 3.91. The highest BCUT2D eigenvalue weighted by Gasteiger charge is 2.22. The van der Waals surface area contributed by atoms with Crippen molar-refractivity contribution in [2.45, 2.75) is 32.4 Å². The predicted molar refractivity (Wildman–Crippen MR) is 110 cm³/mol. The van der Waals surface area contributed by atoms with Crippen molar-refractivity contribution in [3.8, 4) is 22.8 Å². The molecule has 4 rings (SSSR count). The molecule has 3 aromatic rings. The Bertz CT molecular complexity index is 1010. The van der Waals surface area contributed by atoms with Crippen LogP contribution in [0.3, 0.4) is 0 Å². The fraction of sp³-hybridized carbons (Fsp3) is 0.429. The molecule has 0 aliphatic carbocycles. The first-order valence-corrected chi connectivity index (χ1v) is 10.0. The van der Waals surface area contributed by atoms with Gasteiger partial charge in [-0.25, -0.2) is 0 Å². The average molecular weight is 417 g/mol. The van der Waals surface area contributed by atoms with Crippen LogP contribution in [0.15, 0.2) is 36.5 Å². The number of rotatable bonds is 7. The quantitative estimate of drug-likeness (QED) is 0.629. The standard InChI is InChI=1S/C21H25F2N5O2/c1-3-27-10-4-6-14(13-27)24-21-26-25-19(17-7-5-11-28(17)21)16-9-8-15(29-2)12-18(16)30-20(22)23/h5,7-9,11-12,14,20H,3-4,6,10,13H2,1-2H3,(H,24,26). The van der Waals surface area contributed by atoms with Crippen LogP contribution in [-0.2, 0) is 0 Å². The first-order valence-electron chi connectivity index (χ1n) is 10.0. The van der Waals surface area contributed by atoms with E-state index in [-0.39, 0.29) is 11.8 Å². The molecule has 0 saturated carbocycles. The van der Waals surface area contributed by atoms with E-state index in [0.717, 1.165) is 38.0 Å². The highest BCUT2D eigenvalue weighted by Crippen LogP contribution is 2.36. The van der Waals surface area contributed by atoms with Gasteiger partial charge in [0, 0.05) is 30.4 Å². The van der Waals surface area contributed by atoms with Crippen LogP contribution >= 0.6 is 0 Å². The molecule has 1 atom stereocenters. The lowest BCUT2D eigenvalue weighted by Crippen LogP contribution is -2.42. The van der Waals surface area contributed by atoms with E-state index in [4.69, 9.17) is 9.47 Å². The van der Waals surface area contributed by atoms with E-state index in [1.165, 1.54) is 13.2 Å². The molecule has 1 saturated heterocycles. The number of aromatic nitrogens is 3. The summed E-state index contributed by atoms with van der Waals surface area (Å²) in [5.41, 5.74) is 1.64. The molecular formula is C21H25F2N5O2. The second-order valence-corrected chi connectivity index (χ2v) is 7.25. The zero-order valence-electron chi connectivity index (χ0n) is 17.0. The number of alkyl halides is 2. The molecular weight excluding hydrogens is 392 g/mol. The molecule has 1 aromatic carbocycles. The highest BCUT2D eigenvalue weighted by molar-refractivity contribution is 5.81. The van der Waals surface area contributed by atoms with Crippen LogP contribution in [0.25, 0.3) is 16.8 Å². The van der Waals surface area contributed by atoms with Gasteiger partial charge < -0.3 is 19.7 Å². The van der Waals surface area contributed by atoms with Crippen LogP contribution in [0.5, 0.6) is 11.5 Å². The Labute approximate surface area is 173 Å². The van der Waals surface area contributed by atoms with Crippen LogP contribution < -0.4 is 14.8 Å². The number of likely N-dealkylation sites (N-methyl/N-ethyl adjacent to an activating group) is 1. The lowest BCUT2D eigenvalue weighted by atomic mass is 10.1. The molecule has 7 nitrogen and oxygen atoms in total. The van der Waals surface area contributed by atoms with Crippen molar-refractivity contribution in [1.29, 1.82) is 0 Å². The Balaban J connectivity index is 1.69. The zero-order valence-corrected chi connectivity index (χ0v) is 17.0. The average Bonchev–Trinajstić information content (AvgIpc) is 3.24. The molecule has 2 aromatic heterocycles. The summed E-state index contributed by atoms with van der Waals surface area (Å²) in [6.07, 6.45) is 4.08. The van der Waals surface area contributed by atoms with Crippen molar-refractivity contribution >= 4 is 11.5 Å². The van der Waals surface area contributed by atoms with Crippen LogP contribution in [0.1, 0.15) is 19.8 Å². The van der Waals surface area contributed by atoms with E-state index < -0.39 is 6.61 Å². The van der Waals surface area contributed by atoms with Gasteiger partial charge in [0.1, 0.15) is 17.2 Å². The molecule has 1 aliphatic heterocycles. The second kappa shape index (κ2) is 8.83. The third kappa shape index (κ3) is 4.16. The normalized spacial score (nSPS) is 17.4. The number of nitrogens with one attached hydrogen (secondary N) is 1. The molecule has 9 heteroatoms. The Hall–Kier alpha value is -2.94. The minimum Gasteiger partial charge on any atom is -0.497 e. The van der Waals surface area contributed by atoms with Crippen molar-refractivity contribution in [2.24, 2.45) is 0 Å².